The lowest BCUT2D eigenvalue weighted by atomic mass is 10.1. The molecule has 1 aromatic carbocycles. The molecule has 3 unspecified atom stereocenters. The first-order chi connectivity index (χ1) is 15.9. The molecule has 0 aliphatic heterocycles. The van der Waals surface area contributed by atoms with Gasteiger partial charge in [-0.25, -0.2) is 4.79 Å². The molecule has 0 saturated carbocycles. The third kappa shape index (κ3) is 10.4. The molecule has 0 aromatic heterocycles. The zero-order chi connectivity index (χ0) is 25.8. The van der Waals surface area contributed by atoms with Crippen LogP contribution in [0.1, 0.15) is 24.8 Å². The van der Waals surface area contributed by atoms with Crippen molar-refractivity contribution >= 4 is 35.6 Å². The van der Waals surface area contributed by atoms with Crippen LogP contribution in [0.4, 0.5) is 0 Å². The van der Waals surface area contributed by atoms with E-state index in [2.05, 4.69) is 16.0 Å². The SMILES string of the molecule is NC(=O)CC(NC(=O)C(N)CCC(=O)O)C(=O)NCC(=O)NC(Cc1ccc(O)cc1)C(=O)O. The standard InChI is InChI=1S/C20H27N5O9/c21-12(5-6-17(29)30)18(31)25-13(8-15(22)27)19(32)23-9-16(28)24-14(20(33)34)7-10-1-3-11(26)4-2-10/h1-4,12-14,26H,5-9,21H2,(H2,22,27)(H,23,32)(H,24,28)(H,25,31)(H,29,30)(H,33,34). The average Bonchev–Trinajstić information content (AvgIpc) is 2.75. The van der Waals surface area contributed by atoms with Crippen LogP contribution in [0.2, 0.25) is 0 Å². The fourth-order valence-electron chi connectivity index (χ4n) is 2.70. The van der Waals surface area contributed by atoms with Crippen LogP contribution >= 0.6 is 0 Å². The van der Waals surface area contributed by atoms with Crippen LogP contribution in [0.5, 0.6) is 5.75 Å². The minimum Gasteiger partial charge on any atom is -0.508 e. The molecule has 4 amide bonds. The van der Waals surface area contributed by atoms with Crippen molar-refractivity contribution in [2.45, 2.75) is 43.8 Å². The first kappa shape index (κ1) is 27.8. The highest BCUT2D eigenvalue weighted by Crippen LogP contribution is 2.11. The van der Waals surface area contributed by atoms with Gasteiger partial charge < -0.3 is 42.7 Å². The molecule has 186 valence electrons. The van der Waals surface area contributed by atoms with E-state index < -0.39 is 73.1 Å². The number of aromatic hydroxyl groups is 1. The van der Waals surface area contributed by atoms with E-state index in [-0.39, 0.29) is 18.6 Å². The molecule has 0 saturated heterocycles. The molecule has 14 nitrogen and oxygen atoms in total. The van der Waals surface area contributed by atoms with E-state index in [1.54, 1.807) is 0 Å². The first-order valence-electron chi connectivity index (χ1n) is 10.0. The number of nitrogens with two attached hydrogens (primary N) is 2. The highest BCUT2D eigenvalue weighted by molar-refractivity contribution is 5.95. The van der Waals surface area contributed by atoms with Crippen LogP contribution in [0, 0.1) is 0 Å². The molecule has 10 N–H and O–H groups in total. The second-order valence-corrected chi connectivity index (χ2v) is 7.32. The molecule has 0 radical (unpaired) electrons. The lowest BCUT2D eigenvalue weighted by molar-refractivity contribution is -0.142. The zero-order valence-electron chi connectivity index (χ0n) is 18.0. The van der Waals surface area contributed by atoms with Crippen molar-refractivity contribution in [3.63, 3.8) is 0 Å². The van der Waals surface area contributed by atoms with Crippen molar-refractivity contribution in [2.24, 2.45) is 11.5 Å². The smallest absolute Gasteiger partial charge is 0.326 e. The Labute approximate surface area is 193 Å². The van der Waals surface area contributed by atoms with Crippen molar-refractivity contribution in [3.8, 4) is 5.75 Å². The van der Waals surface area contributed by atoms with Gasteiger partial charge in [-0.1, -0.05) is 12.1 Å². The maximum absolute atomic E-state index is 12.4. The fourth-order valence-corrected chi connectivity index (χ4v) is 2.70. The Bertz CT molecular complexity index is 920. The first-order valence-corrected chi connectivity index (χ1v) is 10.0. The summed E-state index contributed by atoms with van der Waals surface area (Å²) in [6, 6.07) is 1.60. The van der Waals surface area contributed by atoms with E-state index in [9.17, 15) is 39.0 Å². The largest absolute Gasteiger partial charge is 0.508 e. The molecule has 0 aliphatic carbocycles. The number of carbonyl (C=O) groups is 6. The maximum Gasteiger partial charge on any atom is 0.326 e. The summed E-state index contributed by atoms with van der Waals surface area (Å²) in [5.41, 5.74) is 11.2. The number of benzene rings is 1. The maximum atomic E-state index is 12.4. The number of nitrogens with one attached hydrogen (secondary N) is 3. The van der Waals surface area contributed by atoms with E-state index >= 15 is 0 Å². The number of hydrogen-bond acceptors (Lipinski definition) is 8. The molecule has 0 heterocycles. The van der Waals surface area contributed by atoms with Crippen LogP contribution in [0.15, 0.2) is 24.3 Å². The Morgan fingerprint density at radius 2 is 1.53 bits per heavy atom. The summed E-state index contributed by atoms with van der Waals surface area (Å²) in [7, 11) is 0. The number of phenols is 1. The summed E-state index contributed by atoms with van der Waals surface area (Å²) < 4.78 is 0. The summed E-state index contributed by atoms with van der Waals surface area (Å²) in [5, 5.41) is 33.8. The predicted molar refractivity (Wildman–Crippen MR) is 115 cm³/mol. The summed E-state index contributed by atoms with van der Waals surface area (Å²) in [6.07, 6.45) is -1.32. The van der Waals surface area contributed by atoms with E-state index in [0.717, 1.165) is 0 Å². The molecule has 14 heteroatoms. The van der Waals surface area contributed by atoms with Gasteiger partial charge in [-0.15, -0.1) is 0 Å². The summed E-state index contributed by atoms with van der Waals surface area (Å²) in [6.45, 7) is -0.672. The molecule has 0 fully saturated rings. The van der Waals surface area contributed by atoms with Crippen LogP contribution in [0.3, 0.4) is 0 Å². The predicted octanol–water partition coefficient (Wildman–Crippen LogP) is -2.83. The van der Waals surface area contributed by atoms with Gasteiger partial charge in [-0.05, 0) is 24.1 Å². The van der Waals surface area contributed by atoms with Crippen molar-refractivity contribution < 1.29 is 44.1 Å². The van der Waals surface area contributed by atoms with Gasteiger partial charge in [0.25, 0.3) is 0 Å². The average molecular weight is 481 g/mol. The van der Waals surface area contributed by atoms with Crippen LogP contribution in [0.25, 0.3) is 0 Å². The number of rotatable bonds is 14. The van der Waals surface area contributed by atoms with Crippen LogP contribution < -0.4 is 27.4 Å². The number of carboxylic acid groups (broad SMARTS) is 2. The number of hydrogen-bond donors (Lipinski definition) is 8. The molecule has 0 aliphatic rings. The number of carbonyl (C=O) groups excluding carboxylic acids is 4. The third-order valence-corrected chi connectivity index (χ3v) is 4.48. The van der Waals surface area contributed by atoms with E-state index in [1.807, 2.05) is 0 Å². The Hall–Kier alpha value is -4.20. The fraction of sp³-hybridized carbons (Fsp3) is 0.400. The number of primary amides is 1. The van der Waals surface area contributed by atoms with Gasteiger partial charge in [-0.3, -0.25) is 24.0 Å². The summed E-state index contributed by atoms with van der Waals surface area (Å²) in [5.74, 6) is -6.17. The molecule has 3 atom stereocenters. The Morgan fingerprint density at radius 3 is 2.06 bits per heavy atom. The summed E-state index contributed by atoms with van der Waals surface area (Å²) in [4.78, 5) is 69.9. The monoisotopic (exact) mass is 481 g/mol. The third-order valence-electron chi connectivity index (χ3n) is 4.48. The normalized spacial score (nSPS) is 13.1. The van der Waals surface area contributed by atoms with Crippen molar-refractivity contribution in [1.82, 2.24) is 16.0 Å². The van der Waals surface area contributed by atoms with Gasteiger partial charge in [-0.2, -0.15) is 0 Å². The molecule has 1 aromatic rings. The second-order valence-electron chi connectivity index (χ2n) is 7.32. The van der Waals surface area contributed by atoms with Gasteiger partial charge in [0.1, 0.15) is 17.8 Å². The van der Waals surface area contributed by atoms with Crippen LogP contribution in [-0.2, 0) is 35.2 Å². The van der Waals surface area contributed by atoms with Gasteiger partial charge in [0, 0.05) is 12.8 Å². The molecule has 0 bridgehead atoms. The molecule has 34 heavy (non-hydrogen) atoms. The second kappa shape index (κ2) is 13.4. The molecule has 0 spiro atoms. The van der Waals surface area contributed by atoms with E-state index in [0.29, 0.717) is 5.56 Å². The number of aliphatic carboxylic acids is 2. The quantitative estimate of drug-likeness (QED) is 0.135. The number of phenolic OH excluding ortho intramolecular Hbond substituents is 1. The minimum absolute atomic E-state index is 0.0113. The topological polar surface area (TPSA) is 251 Å². The molecular weight excluding hydrogens is 454 g/mol. The minimum atomic E-state index is -1.49. The highest BCUT2D eigenvalue weighted by Gasteiger charge is 2.27. The Balaban J connectivity index is 2.68. The summed E-state index contributed by atoms with van der Waals surface area (Å²) >= 11 is 0. The Morgan fingerprint density at radius 1 is 0.912 bits per heavy atom. The van der Waals surface area contributed by atoms with Crippen molar-refractivity contribution in [2.75, 3.05) is 6.54 Å². The number of amides is 4. The van der Waals surface area contributed by atoms with Crippen LogP contribution in [-0.4, -0.2) is 75.6 Å². The van der Waals surface area contributed by atoms with Gasteiger partial charge in [0.2, 0.25) is 23.6 Å². The molecular formula is C20H27N5O9. The van der Waals surface area contributed by atoms with Gasteiger partial charge in [0.05, 0.1) is 19.0 Å². The zero-order valence-corrected chi connectivity index (χ0v) is 18.0. The van der Waals surface area contributed by atoms with Gasteiger partial charge >= 0.3 is 11.9 Å². The number of carboxylic acids is 2. The lowest BCUT2D eigenvalue weighted by Crippen LogP contribution is -2.54. The van der Waals surface area contributed by atoms with Crippen molar-refractivity contribution in [1.29, 1.82) is 0 Å². The van der Waals surface area contributed by atoms with Crippen molar-refractivity contribution in [3.05, 3.63) is 29.8 Å². The Kier molecular flexibility index (Phi) is 10.9. The van der Waals surface area contributed by atoms with E-state index in [4.69, 9.17) is 16.6 Å². The highest BCUT2D eigenvalue weighted by atomic mass is 16.4. The van der Waals surface area contributed by atoms with E-state index in [1.165, 1.54) is 24.3 Å². The van der Waals surface area contributed by atoms with Gasteiger partial charge in [0.15, 0.2) is 0 Å². The molecule has 1 rings (SSSR count). The lowest BCUT2D eigenvalue weighted by Gasteiger charge is -2.20.